The van der Waals surface area contributed by atoms with E-state index in [1.807, 2.05) is 37.2 Å². The van der Waals surface area contributed by atoms with Crippen molar-refractivity contribution in [2.75, 3.05) is 29.1 Å². The summed E-state index contributed by atoms with van der Waals surface area (Å²) in [5.74, 6) is 2.76. The predicted octanol–water partition coefficient (Wildman–Crippen LogP) is 4.16. The van der Waals surface area contributed by atoms with Crippen LogP contribution < -0.4 is 15.5 Å². The van der Waals surface area contributed by atoms with Gasteiger partial charge in [0.15, 0.2) is 5.65 Å². The number of carbonyl (C=O) groups is 2. The fourth-order valence-electron chi connectivity index (χ4n) is 4.34. The van der Waals surface area contributed by atoms with Crippen LogP contribution in [0.15, 0.2) is 49.4 Å². The summed E-state index contributed by atoms with van der Waals surface area (Å²) < 4.78 is 2.07. The number of fused-ring (bicyclic) bond motifs is 1. The minimum Gasteiger partial charge on any atom is -0.373 e. The molecule has 0 aromatic carbocycles. The van der Waals surface area contributed by atoms with Crippen LogP contribution in [-0.4, -0.2) is 55.1 Å². The highest BCUT2D eigenvalue weighted by atomic mass is 16.2. The molecule has 0 radical (unpaired) electrons. The minimum atomic E-state index is 0.193. The zero-order valence-electron chi connectivity index (χ0n) is 23.0. The average Bonchev–Trinajstić information content (AvgIpc) is 3.92. The SMILES string of the molecule is CNc1cc(NCc2cn3cc(C4CC4)cc(N4CCCC4=O)c3n2)ncn1.Cc1ccncn1.O=CC1CC1. The number of aryl methyl sites for hydroxylation is 1. The zero-order valence-corrected chi connectivity index (χ0v) is 23.0. The Bertz CT molecular complexity index is 1450. The summed E-state index contributed by atoms with van der Waals surface area (Å²) >= 11 is 0. The minimum absolute atomic E-state index is 0.193. The lowest BCUT2D eigenvalue weighted by molar-refractivity contribution is -0.117. The maximum absolute atomic E-state index is 12.3. The molecule has 5 heterocycles. The molecule has 2 aliphatic carbocycles. The number of hydrogen-bond acceptors (Lipinski definition) is 9. The highest BCUT2D eigenvalue weighted by molar-refractivity contribution is 5.98. The quantitative estimate of drug-likeness (QED) is 0.331. The standard InChI is InChI=1S/C20H23N7O.C5H6N2.C4H6O/c1-21-17-8-18(24-12-23-17)22-9-15-11-26-10-14(13-4-5-13)7-16(20(26)25-15)27-6-2-3-19(27)28;1-5-2-3-6-4-7-5;5-3-4-1-2-4/h7-8,10-13H,2-6,9H2,1H3,(H2,21,22,23,24);2-4H,1H3;3-4H,1-2H2. The van der Waals surface area contributed by atoms with Gasteiger partial charge < -0.3 is 24.7 Å². The van der Waals surface area contributed by atoms with E-state index >= 15 is 0 Å². The summed E-state index contributed by atoms with van der Waals surface area (Å²) in [6.45, 7) is 3.26. The van der Waals surface area contributed by atoms with Crippen LogP contribution >= 0.6 is 0 Å². The maximum Gasteiger partial charge on any atom is 0.227 e. The van der Waals surface area contributed by atoms with Gasteiger partial charge in [0, 0.05) is 56.3 Å². The van der Waals surface area contributed by atoms with Crippen LogP contribution in [0.3, 0.4) is 0 Å². The zero-order chi connectivity index (χ0) is 27.9. The lowest BCUT2D eigenvalue weighted by Gasteiger charge is -2.17. The van der Waals surface area contributed by atoms with Crippen LogP contribution in [-0.2, 0) is 16.1 Å². The van der Waals surface area contributed by atoms with E-state index in [1.54, 1.807) is 6.20 Å². The fraction of sp³-hybridized carbons (Fsp3) is 0.414. The molecule has 0 atom stereocenters. The average molecular weight is 542 g/mol. The van der Waals surface area contributed by atoms with E-state index in [0.717, 1.165) is 66.5 Å². The van der Waals surface area contributed by atoms with Crippen molar-refractivity contribution in [1.82, 2.24) is 29.3 Å². The van der Waals surface area contributed by atoms with Gasteiger partial charge in [0.1, 0.15) is 30.6 Å². The number of aromatic nitrogens is 6. The first-order valence-corrected chi connectivity index (χ1v) is 13.8. The van der Waals surface area contributed by atoms with E-state index in [1.165, 1.54) is 31.1 Å². The van der Waals surface area contributed by atoms with Crippen molar-refractivity contribution in [3.63, 3.8) is 0 Å². The summed E-state index contributed by atoms with van der Waals surface area (Å²) in [5, 5.41) is 6.30. The highest BCUT2D eigenvalue weighted by Crippen LogP contribution is 2.42. The van der Waals surface area contributed by atoms with E-state index in [9.17, 15) is 9.59 Å². The number of pyridine rings is 1. The molecule has 2 N–H and O–H groups in total. The molecule has 2 saturated carbocycles. The van der Waals surface area contributed by atoms with Gasteiger partial charge in [-0.2, -0.15) is 0 Å². The molecule has 40 heavy (non-hydrogen) atoms. The van der Waals surface area contributed by atoms with Crippen molar-refractivity contribution in [3.8, 4) is 0 Å². The number of aldehydes is 1. The van der Waals surface area contributed by atoms with Crippen LogP contribution in [0.4, 0.5) is 17.3 Å². The Morgan fingerprint density at radius 3 is 2.45 bits per heavy atom. The molecule has 4 aromatic rings. The molecule has 0 unspecified atom stereocenters. The lowest BCUT2D eigenvalue weighted by atomic mass is 10.1. The number of amides is 1. The van der Waals surface area contributed by atoms with Gasteiger partial charge in [-0.15, -0.1) is 0 Å². The van der Waals surface area contributed by atoms with Crippen LogP contribution in [0.2, 0.25) is 0 Å². The van der Waals surface area contributed by atoms with Crippen molar-refractivity contribution in [1.29, 1.82) is 0 Å². The van der Waals surface area contributed by atoms with Gasteiger partial charge in [-0.1, -0.05) is 0 Å². The number of anilines is 3. The third-order valence-electron chi connectivity index (χ3n) is 6.93. The molecule has 1 saturated heterocycles. The Labute approximate surface area is 233 Å². The molecule has 0 spiro atoms. The van der Waals surface area contributed by atoms with Gasteiger partial charge in [0.25, 0.3) is 0 Å². The summed E-state index contributed by atoms with van der Waals surface area (Å²) in [4.78, 5) is 44.6. The van der Waals surface area contributed by atoms with Crippen molar-refractivity contribution in [2.45, 2.75) is 57.9 Å². The largest absolute Gasteiger partial charge is 0.373 e. The highest BCUT2D eigenvalue weighted by Gasteiger charge is 2.29. The third-order valence-corrected chi connectivity index (χ3v) is 6.93. The molecule has 3 fully saturated rings. The van der Waals surface area contributed by atoms with Crippen molar-refractivity contribution in [3.05, 3.63) is 66.4 Å². The molecule has 4 aromatic heterocycles. The molecule has 208 valence electrons. The Morgan fingerprint density at radius 1 is 1.05 bits per heavy atom. The number of carbonyl (C=O) groups excluding carboxylic acids is 2. The van der Waals surface area contributed by atoms with Crippen molar-refractivity contribution >= 4 is 35.2 Å². The molecule has 1 aliphatic heterocycles. The summed E-state index contributed by atoms with van der Waals surface area (Å²) in [5.41, 5.74) is 5.00. The molecule has 0 bridgehead atoms. The van der Waals surface area contributed by atoms with E-state index in [-0.39, 0.29) is 5.91 Å². The van der Waals surface area contributed by atoms with Gasteiger partial charge >= 0.3 is 0 Å². The first kappa shape index (κ1) is 27.2. The van der Waals surface area contributed by atoms with E-state index in [2.05, 4.69) is 47.2 Å². The maximum atomic E-state index is 12.3. The number of rotatable bonds is 7. The summed E-state index contributed by atoms with van der Waals surface area (Å²) in [6.07, 6.45) is 16.3. The second-order valence-corrected chi connectivity index (χ2v) is 10.3. The topological polar surface area (TPSA) is 130 Å². The molecular formula is C29H35N9O2. The molecule has 7 rings (SSSR count). The number of imidazole rings is 1. The van der Waals surface area contributed by atoms with E-state index in [0.29, 0.717) is 24.8 Å². The number of hydrogen-bond donors (Lipinski definition) is 2. The molecule has 1 amide bonds. The fourth-order valence-corrected chi connectivity index (χ4v) is 4.34. The van der Waals surface area contributed by atoms with E-state index in [4.69, 9.17) is 4.98 Å². The lowest BCUT2D eigenvalue weighted by Crippen LogP contribution is -2.24. The summed E-state index contributed by atoms with van der Waals surface area (Å²) in [6, 6.07) is 5.89. The first-order chi connectivity index (χ1) is 19.5. The molecule has 11 heteroatoms. The second kappa shape index (κ2) is 12.6. The van der Waals surface area contributed by atoms with Crippen LogP contribution in [0, 0.1) is 12.8 Å². The van der Waals surface area contributed by atoms with Crippen LogP contribution in [0.1, 0.15) is 61.4 Å². The van der Waals surface area contributed by atoms with Crippen LogP contribution in [0.5, 0.6) is 0 Å². The monoisotopic (exact) mass is 541 g/mol. The first-order valence-electron chi connectivity index (χ1n) is 13.8. The van der Waals surface area contributed by atoms with Gasteiger partial charge in [-0.25, -0.2) is 24.9 Å². The second-order valence-electron chi connectivity index (χ2n) is 10.3. The van der Waals surface area contributed by atoms with Gasteiger partial charge in [-0.05, 0) is 62.6 Å². The Morgan fingerprint density at radius 2 is 1.88 bits per heavy atom. The molecule has 3 aliphatic rings. The van der Waals surface area contributed by atoms with Gasteiger partial charge in [-0.3, -0.25) is 4.79 Å². The van der Waals surface area contributed by atoms with E-state index < -0.39 is 0 Å². The smallest absolute Gasteiger partial charge is 0.227 e. The summed E-state index contributed by atoms with van der Waals surface area (Å²) in [7, 11) is 1.83. The molecular weight excluding hydrogens is 506 g/mol. The van der Waals surface area contributed by atoms with Crippen molar-refractivity contribution in [2.24, 2.45) is 5.92 Å². The third kappa shape index (κ3) is 7.16. The van der Waals surface area contributed by atoms with Gasteiger partial charge in [0.2, 0.25) is 5.91 Å². The van der Waals surface area contributed by atoms with Crippen LogP contribution in [0.25, 0.3) is 5.65 Å². The Kier molecular flexibility index (Phi) is 8.58. The number of nitrogens with one attached hydrogen (secondary N) is 2. The molecule has 11 nitrogen and oxygen atoms in total. The van der Waals surface area contributed by atoms with Gasteiger partial charge in [0.05, 0.1) is 17.9 Å². The number of nitrogens with zero attached hydrogens (tertiary/aromatic N) is 7. The Hall–Kier alpha value is -4.41. The predicted molar refractivity (Wildman–Crippen MR) is 153 cm³/mol. The Balaban J connectivity index is 0.000000222. The van der Waals surface area contributed by atoms with Crippen molar-refractivity contribution < 1.29 is 9.59 Å². The normalized spacial score (nSPS) is 16.1.